The summed E-state index contributed by atoms with van der Waals surface area (Å²) in [6.07, 6.45) is 0. The summed E-state index contributed by atoms with van der Waals surface area (Å²) in [6.45, 7) is 0. The smallest absolute Gasteiger partial charge is 0.143 e. The van der Waals surface area contributed by atoms with E-state index in [-0.39, 0.29) is 0 Å². The summed E-state index contributed by atoms with van der Waals surface area (Å²) in [5.41, 5.74) is 8.92. The van der Waals surface area contributed by atoms with Crippen LogP contribution < -0.4 is 4.90 Å². The van der Waals surface area contributed by atoms with E-state index in [2.05, 4.69) is 144 Å². The van der Waals surface area contributed by atoms with E-state index in [0.29, 0.717) is 0 Å². The van der Waals surface area contributed by atoms with Crippen LogP contribution in [0.5, 0.6) is 0 Å². The van der Waals surface area contributed by atoms with Crippen molar-refractivity contribution in [2.45, 2.75) is 0 Å². The molecule has 43 heavy (non-hydrogen) atoms. The molecule has 0 unspecified atom stereocenters. The molecule has 9 aromatic rings. The predicted octanol–water partition coefficient (Wildman–Crippen LogP) is 11.8. The summed E-state index contributed by atoms with van der Waals surface area (Å²) >= 11 is 0. The monoisotopic (exact) mass is 551 g/mol. The van der Waals surface area contributed by atoms with Gasteiger partial charge >= 0.3 is 0 Å². The van der Waals surface area contributed by atoms with Crippen molar-refractivity contribution in [3.63, 3.8) is 0 Å². The lowest BCUT2D eigenvalue weighted by atomic mass is 10.0. The highest BCUT2D eigenvalue weighted by Gasteiger charge is 2.20. The Morgan fingerprint density at radius 2 is 1.00 bits per heavy atom. The molecule has 0 atom stereocenters. The Balaban J connectivity index is 1.30. The van der Waals surface area contributed by atoms with Crippen molar-refractivity contribution < 1.29 is 8.83 Å². The summed E-state index contributed by atoms with van der Waals surface area (Å²) < 4.78 is 12.9. The molecular weight excluding hydrogens is 526 g/mol. The number of furan rings is 2. The third kappa shape index (κ3) is 3.75. The van der Waals surface area contributed by atoms with Crippen molar-refractivity contribution in [3.05, 3.63) is 152 Å². The van der Waals surface area contributed by atoms with Gasteiger partial charge in [-0.25, -0.2) is 0 Å². The van der Waals surface area contributed by atoms with E-state index in [9.17, 15) is 0 Å². The standard InChI is InChI=1S/C40H25NO2/c1-2-10-26(11-3-1)30-13-6-8-16-36(30)41(28-19-22-33-32-15-7-9-17-37(32)42-38(33)24-28)29-20-23-34-35-21-18-27-12-4-5-14-31(27)40(35)43-39(34)25-29/h1-25H. The van der Waals surface area contributed by atoms with E-state index >= 15 is 0 Å². The number of rotatable bonds is 4. The Kier molecular flexibility index (Phi) is 5.20. The SMILES string of the molecule is c1ccc(-c2ccccc2N(c2ccc3c(c2)oc2ccccc23)c2ccc3c(c2)oc2c4ccccc4ccc32)cc1. The van der Waals surface area contributed by atoms with Gasteiger partial charge in [0.25, 0.3) is 0 Å². The van der Waals surface area contributed by atoms with Crippen LogP contribution in [-0.4, -0.2) is 0 Å². The molecule has 0 spiro atoms. The number of hydrogen-bond donors (Lipinski definition) is 0. The van der Waals surface area contributed by atoms with Crippen LogP contribution in [0.1, 0.15) is 0 Å². The first-order valence-electron chi connectivity index (χ1n) is 14.5. The largest absolute Gasteiger partial charge is 0.456 e. The minimum atomic E-state index is 0.857. The number of fused-ring (bicyclic) bond motifs is 8. The number of hydrogen-bond acceptors (Lipinski definition) is 3. The second kappa shape index (κ2) is 9.37. The highest BCUT2D eigenvalue weighted by molar-refractivity contribution is 6.15. The molecule has 3 heteroatoms. The fraction of sp³-hybridized carbons (Fsp3) is 0. The molecule has 0 saturated heterocycles. The van der Waals surface area contributed by atoms with Crippen LogP contribution in [0.25, 0.3) is 65.8 Å². The van der Waals surface area contributed by atoms with E-state index in [1.807, 2.05) is 12.1 Å². The molecule has 0 amide bonds. The Bertz CT molecular complexity index is 2470. The van der Waals surface area contributed by atoms with Crippen LogP contribution in [0.4, 0.5) is 17.1 Å². The fourth-order valence-electron chi connectivity index (χ4n) is 6.44. The summed E-state index contributed by atoms with van der Waals surface area (Å²) in [4.78, 5) is 2.31. The number of benzene rings is 7. The lowest BCUT2D eigenvalue weighted by Crippen LogP contribution is -2.11. The number of nitrogens with zero attached hydrogens (tertiary/aromatic N) is 1. The van der Waals surface area contributed by atoms with Gasteiger partial charge in [-0.2, -0.15) is 0 Å². The minimum absolute atomic E-state index is 0.857. The van der Waals surface area contributed by atoms with E-state index < -0.39 is 0 Å². The van der Waals surface area contributed by atoms with Gasteiger partial charge in [-0.05, 0) is 53.4 Å². The van der Waals surface area contributed by atoms with Crippen LogP contribution in [-0.2, 0) is 0 Å². The molecule has 0 aliphatic heterocycles. The quantitative estimate of drug-likeness (QED) is 0.218. The maximum Gasteiger partial charge on any atom is 0.143 e. The molecule has 0 radical (unpaired) electrons. The van der Waals surface area contributed by atoms with Crippen molar-refractivity contribution in [2.75, 3.05) is 4.90 Å². The van der Waals surface area contributed by atoms with Crippen molar-refractivity contribution in [1.29, 1.82) is 0 Å². The Morgan fingerprint density at radius 3 is 1.84 bits per heavy atom. The normalized spacial score (nSPS) is 11.7. The lowest BCUT2D eigenvalue weighted by Gasteiger charge is -2.27. The fourth-order valence-corrected chi connectivity index (χ4v) is 6.44. The van der Waals surface area contributed by atoms with Gasteiger partial charge in [0.2, 0.25) is 0 Å². The third-order valence-corrected chi connectivity index (χ3v) is 8.46. The zero-order chi connectivity index (χ0) is 28.3. The van der Waals surface area contributed by atoms with Gasteiger partial charge in [0.1, 0.15) is 22.3 Å². The summed E-state index contributed by atoms with van der Waals surface area (Å²) in [6, 6.07) is 53.1. The van der Waals surface area contributed by atoms with Gasteiger partial charge in [-0.15, -0.1) is 0 Å². The molecule has 0 N–H and O–H groups in total. The molecule has 2 aromatic heterocycles. The van der Waals surface area contributed by atoms with Crippen LogP contribution >= 0.6 is 0 Å². The van der Waals surface area contributed by atoms with E-state index in [1.54, 1.807) is 0 Å². The molecule has 0 saturated carbocycles. The first-order chi connectivity index (χ1) is 21.3. The zero-order valence-corrected chi connectivity index (χ0v) is 23.2. The van der Waals surface area contributed by atoms with Crippen LogP contribution in [0.2, 0.25) is 0 Å². The topological polar surface area (TPSA) is 29.5 Å². The van der Waals surface area contributed by atoms with Gasteiger partial charge in [-0.3, -0.25) is 0 Å². The minimum Gasteiger partial charge on any atom is -0.456 e. The van der Waals surface area contributed by atoms with Gasteiger partial charge in [0, 0.05) is 56.0 Å². The average molecular weight is 552 g/mol. The molecule has 0 fully saturated rings. The predicted molar refractivity (Wildman–Crippen MR) is 179 cm³/mol. The highest BCUT2D eigenvalue weighted by Crippen LogP contribution is 2.44. The van der Waals surface area contributed by atoms with Crippen molar-refractivity contribution in [3.8, 4) is 11.1 Å². The van der Waals surface area contributed by atoms with Gasteiger partial charge in [0.05, 0.1) is 5.69 Å². The van der Waals surface area contributed by atoms with Crippen molar-refractivity contribution >= 4 is 71.7 Å². The molecule has 7 aromatic carbocycles. The van der Waals surface area contributed by atoms with Gasteiger partial charge in [0.15, 0.2) is 0 Å². The van der Waals surface area contributed by atoms with Gasteiger partial charge in [-0.1, -0.05) is 97.1 Å². The van der Waals surface area contributed by atoms with Crippen molar-refractivity contribution in [2.24, 2.45) is 0 Å². The number of anilines is 3. The first kappa shape index (κ1) is 23.9. The zero-order valence-electron chi connectivity index (χ0n) is 23.2. The van der Waals surface area contributed by atoms with E-state index in [1.165, 1.54) is 5.39 Å². The first-order valence-corrected chi connectivity index (χ1v) is 14.5. The Morgan fingerprint density at radius 1 is 0.395 bits per heavy atom. The Labute approximate surface area is 247 Å². The molecule has 9 rings (SSSR count). The van der Waals surface area contributed by atoms with E-state index in [4.69, 9.17) is 8.83 Å². The second-order valence-electron chi connectivity index (χ2n) is 10.9. The Hall–Kier alpha value is -5.80. The maximum atomic E-state index is 6.61. The molecule has 0 aliphatic carbocycles. The number of para-hydroxylation sites is 2. The lowest BCUT2D eigenvalue weighted by molar-refractivity contribution is 0.669. The maximum absolute atomic E-state index is 6.61. The summed E-state index contributed by atoms with van der Waals surface area (Å²) in [5, 5.41) is 6.76. The van der Waals surface area contributed by atoms with Crippen molar-refractivity contribution in [1.82, 2.24) is 0 Å². The van der Waals surface area contributed by atoms with Crippen LogP contribution in [0.15, 0.2) is 160 Å². The molecule has 202 valence electrons. The van der Waals surface area contributed by atoms with Gasteiger partial charge < -0.3 is 13.7 Å². The molecule has 3 nitrogen and oxygen atoms in total. The molecule has 2 heterocycles. The van der Waals surface area contributed by atoms with Crippen LogP contribution in [0.3, 0.4) is 0 Å². The molecule has 0 aliphatic rings. The third-order valence-electron chi connectivity index (χ3n) is 8.46. The average Bonchev–Trinajstić information content (AvgIpc) is 3.63. The summed E-state index contributed by atoms with van der Waals surface area (Å²) in [7, 11) is 0. The second-order valence-corrected chi connectivity index (χ2v) is 10.9. The highest BCUT2D eigenvalue weighted by atomic mass is 16.3. The summed E-state index contributed by atoms with van der Waals surface area (Å²) in [5.74, 6) is 0. The molecule has 0 bridgehead atoms. The molecular formula is C40H25NO2. The van der Waals surface area contributed by atoms with Crippen LogP contribution in [0, 0.1) is 0 Å². The van der Waals surface area contributed by atoms with E-state index in [0.717, 1.165) is 77.5 Å².